The van der Waals surface area contributed by atoms with E-state index >= 15 is 0 Å². The second kappa shape index (κ2) is 13.7. The third-order valence-corrected chi connectivity index (χ3v) is 6.00. The van der Waals surface area contributed by atoms with E-state index in [9.17, 15) is 9.59 Å². The SMILES string of the molecule is CCCOC1C(Cc2ccc(OC)cc2)CCCC(N(COC)C(=O)OC(C)(C)C)C(=O)OC1C. The number of benzene rings is 1. The molecule has 198 valence electrons. The Morgan fingerprint density at radius 1 is 1.14 bits per heavy atom. The number of ether oxygens (including phenoxy) is 5. The number of cyclic esters (lactones) is 1. The molecule has 1 aliphatic heterocycles. The Bertz CT molecular complexity index is 790. The van der Waals surface area contributed by atoms with Gasteiger partial charge in [-0.3, -0.25) is 4.90 Å². The number of amides is 1. The Morgan fingerprint density at radius 2 is 1.83 bits per heavy atom. The van der Waals surface area contributed by atoms with Crippen molar-refractivity contribution in [3.05, 3.63) is 29.8 Å². The second-order valence-corrected chi connectivity index (χ2v) is 10.1. The van der Waals surface area contributed by atoms with Crippen molar-refractivity contribution in [2.75, 3.05) is 27.6 Å². The summed E-state index contributed by atoms with van der Waals surface area (Å²) in [6.07, 6.45) is 2.34. The van der Waals surface area contributed by atoms with Crippen LogP contribution in [-0.2, 0) is 30.2 Å². The molecule has 1 aromatic carbocycles. The molecule has 0 aliphatic carbocycles. The van der Waals surface area contributed by atoms with Crippen molar-refractivity contribution in [3.63, 3.8) is 0 Å². The number of hydrogen-bond donors (Lipinski definition) is 0. The molecule has 8 nitrogen and oxygen atoms in total. The van der Waals surface area contributed by atoms with Gasteiger partial charge in [0.15, 0.2) is 0 Å². The van der Waals surface area contributed by atoms with Crippen LogP contribution in [0.15, 0.2) is 24.3 Å². The van der Waals surface area contributed by atoms with Crippen molar-refractivity contribution in [3.8, 4) is 5.75 Å². The van der Waals surface area contributed by atoms with Gasteiger partial charge < -0.3 is 23.7 Å². The molecule has 4 unspecified atom stereocenters. The number of rotatable bonds is 9. The van der Waals surface area contributed by atoms with Crippen LogP contribution >= 0.6 is 0 Å². The summed E-state index contributed by atoms with van der Waals surface area (Å²) in [5.74, 6) is 0.497. The van der Waals surface area contributed by atoms with Crippen LogP contribution in [0.5, 0.6) is 5.75 Å². The fourth-order valence-electron chi connectivity index (χ4n) is 4.39. The Balaban J connectivity index is 2.27. The molecular weight excluding hydrogens is 450 g/mol. The monoisotopic (exact) mass is 493 g/mol. The normalized spacial score (nSPS) is 23.5. The average Bonchev–Trinajstić information content (AvgIpc) is 2.84. The summed E-state index contributed by atoms with van der Waals surface area (Å²) in [7, 11) is 3.14. The lowest BCUT2D eigenvalue weighted by molar-refractivity contribution is -0.166. The van der Waals surface area contributed by atoms with Crippen LogP contribution in [0.3, 0.4) is 0 Å². The molecule has 0 bridgehead atoms. The Labute approximate surface area is 210 Å². The first-order chi connectivity index (χ1) is 16.6. The highest BCUT2D eigenvalue weighted by atomic mass is 16.6. The van der Waals surface area contributed by atoms with Crippen LogP contribution in [-0.4, -0.2) is 68.4 Å². The van der Waals surface area contributed by atoms with Crippen LogP contribution in [0.4, 0.5) is 4.79 Å². The maximum Gasteiger partial charge on any atom is 0.412 e. The molecule has 8 heteroatoms. The van der Waals surface area contributed by atoms with E-state index in [1.54, 1.807) is 27.9 Å². The van der Waals surface area contributed by atoms with E-state index in [2.05, 4.69) is 19.1 Å². The second-order valence-electron chi connectivity index (χ2n) is 10.1. The molecule has 35 heavy (non-hydrogen) atoms. The minimum atomic E-state index is -0.793. The molecule has 0 radical (unpaired) electrons. The van der Waals surface area contributed by atoms with E-state index in [1.807, 2.05) is 19.1 Å². The summed E-state index contributed by atoms with van der Waals surface area (Å²) >= 11 is 0. The predicted octanol–water partition coefficient (Wildman–Crippen LogP) is 4.97. The summed E-state index contributed by atoms with van der Waals surface area (Å²) in [5.41, 5.74) is 0.478. The number of carbonyl (C=O) groups is 2. The maximum atomic E-state index is 13.3. The van der Waals surface area contributed by atoms with E-state index in [0.29, 0.717) is 13.0 Å². The molecule has 1 fully saturated rings. The smallest absolute Gasteiger partial charge is 0.412 e. The van der Waals surface area contributed by atoms with Crippen LogP contribution in [0.25, 0.3) is 0 Å². The molecule has 1 saturated heterocycles. The third-order valence-electron chi connectivity index (χ3n) is 6.00. The van der Waals surface area contributed by atoms with Crippen molar-refractivity contribution >= 4 is 12.1 Å². The van der Waals surface area contributed by atoms with E-state index in [1.165, 1.54) is 17.6 Å². The van der Waals surface area contributed by atoms with Crippen LogP contribution < -0.4 is 4.74 Å². The lowest BCUT2D eigenvalue weighted by Gasteiger charge is -2.33. The van der Waals surface area contributed by atoms with Crippen LogP contribution in [0.2, 0.25) is 0 Å². The number of methoxy groups -OCH3 is 2. The van der Waals surface area contributed by atoms with E-state index in [-0.39, 0.29) is 18.8 Å². The highest BCUT2D eigenvalue weighted by Crippen LogP contribution is 2.29. The number of hydrogen-bond acceptors (Lipinski definition) is 7. The van der Waals surface area contributed by atoms with Crippen molar-refractivity contribution in [1.82, 2.24) is 4.90 Å². The van der Waals surface area contributed by atoms with Gasteiger partial charge in [-0.2, -0.15) is 0 Å². The fourth-order valence-corrected chi connectivity index (χ4v) is 4.39. The van der Waals surface area contributed by atoms with Gasteiger partial charge >= 0.3 is 12.1 Å². The van der Waals surface area contributed by atoms with E-state index < -0.39 is 29.8 Å². The minimum absolute atomic E-state index is 0.0614. The molecule has 2 rings (SSSR count). The minimum Gasteiger partial charge on any atom is -0.497 e. The molecule has 0 N–H and O–H groups in total. The quantitative estimate of drug-likeness (QED) is 0.355. The van der Waals surface area contributed by atoms with Gasteiger partial charge in [-0.05, 0) is 77.0 Å². The van der Waals surface area contributed by atoms with E-state index in [4.69, 9.17) is 23.7 Å². The zero-order valence-electron chi connectivity index (χ0n) is 22.4. The third kappa shape index (κ3) is 9.00. The van der Waals surface area contributed by atoms with Gasteiger partial charge in [0, 0.05) is 13.7 Å². The largest absolute Gasteiger partial charge is 0.497 e. The molecule has 1 amide bonds. The summed E-state index contributed by atoms with van der Waals surface area (Å²) in [5, 5.41) is 0. The Hall–Kier alpha value is -2.32. The molecule has 1 aliphatic rings. The van der Waals surface area contributed by atoms with Crippen molar-refractivity contribution in [1.29, 1.82) is 0 Å². The Kier molecular flexibility index (Phi) is 11.3. The molecule has 0 aromatic heterocycles. The highest BCUT2D eigenvalue weighted by Gasteiger charge is 2.39. The Morgan fingerprint density at radius 3 is 2.40 bits per heavy atom. The van der Waals surface area contributed by atoms with E-state index in [0.717, 1.165) is 31.4 Å². The van der Waals surface area contributed by atoms with Gasteiger partial charge in [-0.25, -0.2) is 9.59 Å². The first-order valence-corrected chi connectivity index (χ1v) is 12.5. The standard InChI is InChI=1S/C27H43NO7/c1-8-16-33-24-19(2)34-25(29)23(28(18-31-6)26(30)35-27(3,4)5)11-9-10-21(24)17-20-12-14-22(32-7)15-13-20/h12-15,19,21,23-24H,8-11,16-18H2,1-7H3. The molecule has 0 saturated carbocycles. The van der Waals surface area contributed by atoms with Gasteiger partial charge in [0.1, 0.15) is 30.2 Å². The van der Waals surface area contributed by atoms with Gasteiger partial charge in [0.2, 0.25) is 0 Å². The maximum absolute atomic E-state index is 13.3. The van der Waals surface area contributed by atoms with Gasteiger partial charge in [0.25, 0.3) is 0 Å². The first-order valence-electron chi connectivity index (χ1n) is 12.5. The van der Waals surface area contributed by atoms with Gasteiger partial charge in [0.05, 0.1) is 13.2 Å². The van der Waals surface area contributed by atoms with Crippen molar-refractivity contribution in [2.45, 2.75) is 90.6 Å². The average molecular weight is 494 g/mol. The number of nitrogens with zero attached hydrogens (tertiary/aromatic N) is 1. The topological polar surface area (TPSA) is 83.5 Å². The summed E-state index contributed by atoms with van der Waals surface area (Å²) < 4.78 is 28.2. The molecule has 1 heterocycles. The van der Waals surface area contributed by atoms with Crippen LogP contribution in [0.1, 0.15) is 65.9 Å². The number of carbonyl (C=O) groups excluding carboxylic acids is 2. The molecule has 4 atom stereocenters. The molecular formula is C27H43NO7. The number of esters is 1. The van der Waals surface area contributed by atoms with Crippen LogP contribution in [0, 0.1) is 5.92 Å². The van der Waals surface area contributed by atoms with Gasteiger partial charge in [-0.15, -0.1) is 0 Å². The molecule has 0 spiro atoms. The zero-order valence-corrected chi connectivity index (χ0v) is 22.4. The molecule has 1 aromatic rings. The zero-order chi connectivity index (χ0) is 26.0. The van der Waals surface area contributed by atoms with Gasteiger partial charge in [-0.1, -0.05) is 25.5 Å². The first kappa shape index (κ1) is 28.9. The van der Waals surface area contributed by atoms with Crippen molar-refractivity contribution < 1.29 is 33.3 Å². The highest BCUT2D eigenvalue weighted by molar-refractivity contribution is 5.81. The predicted molar refractivity (Wildman–Crippen MR) is 133 cm³/mol. The fraction of sp³-hybridized carbons (Fsp3) is 0.704. The summed E-state index contributed by atoms with van der Waals surface area (Å²) in [6.45, 7) is 9.83. The summed E-state index contributed by atoms with van der Waals surface area (Å²) in [6, 6.07) is 7.23. The lowest BCUT2D eigenvalue weighted by Crippen LogP contribution is -2.49. The lowest BCUT2D eigenvalue weighted by atomic mass is 9.86. The van der Waals surface area contributed by atoms with Crippen molar-refractivity contribution in [2.24, 2.45) is 5.92 Å². The summed E-state index contributed by atoms with van der Waals surface area (Å²) in [4.78, 5) is 27.5.